The number of nitrogens with zero attached hydrogens (tertiary/aromatic N) is 1. The molecule has 0 bridgehead atoms. The van der Waals surface area contributed by atoms with Crippen molar-refractivity contribution in [1.82, 2.24) is 4.98 Å². The Kier molecular flexibility index (Phi) is 2.81. The van der Waals surface area contributed by atoms with Crippen molar-refractivity contribution in [2.45, 2.75) is 6.10 Å². The van der Waals surface area contributed by atoms with Gasteiger partial charge in [0.1, 0.15) is 6.10 Å². The maximum atomic E-state index is 9.10. The van der Waals surface area contributed by atoms with Gasteiger partial charge >= 0.3 is 0 Å². The summed E-state index contributed by atoms with van der Waals surface area (Å²) in [6.07, 6.45) is 0.654. The number of hydrogen-bond acceptors (Lipinski definition) is 5. The topological polar surface area (TPSA) is 62.6 Å². The van der Waals surface area contributed by atoms with E-state index in [1.54, 1.807) is 0 Å². The van der Waals surface area contributed by atoms with E-state index in [1.807, 2.05) is 0 Å². The molecule has 1 unspecified atom stereocenters. The van der Waals surface area contributed by atoms with Gasteiger partial charge < -0.3 is 14.9 Å². The Morgan fingerprint density at radius 3 is 3.00 bits per heavy atom. The van der Waals surface area contributed by atoms with Gasteiger partial charge in [0.2, 0.25) is 0 Å². The molecule has 0 aromatic carbocycles. The van der Waals surface area contributed by atoms with E-state index in [-0.39, 0.29) is 6.61 Å². The average molecular weight is 175 g/mol. The number of aliphatic hydroxyl groups excluding tert-OH is 2. The molecule has 11 heavy (non-hydrogen) atoms. The van der Waals surface area contributed by atoms with E-state index >= 15 is 0 Å². The number of thiazole rings is 1. The monoisotopic (exact) mass is 175 g/mol. The standard InChI is InChI=1S/C6H9NO3S/c1-10-6-7-2-5(11-6)4(9)3-8/h2,4,8-9H,3H2,1H3. The van der Waals surface area contributed by atoms with Crippen LogP contribution in [0.5, 0.6) is 5.19 Å². The van der Waals surface area contributed by atoms with Crippen molar-refractivity contribution in [3.63, 3.8) is 0 Å². The van der Waals surface area contributed by atoms with Crippen LogP contribution in [-0.2, 0) is 0 Å². The van der Waals surface area contributed by atoms with E-state index in [2.05, 4.69) is 4.98 Å². The van der Waals surface area contributed by atoms with Crippen LogP contribution in [0.2, 0.25) is 0 Å². The van der Waals surface area contributed by atoms with Gasteiger partial charge in [-0.3, -0.25) is 0 Å². The Morgan fingerprint density at radius 2 is 2.55 bits per heavy atom. The minimum atomic E-state index is -0.837. The Labute approximate surface area is 68.1 Å². The molecular formula is C6H9NO3S. The third kappa shape index (κ3) is 1.89. The number of methoxy groups -OCH3 is 1. The molecule has 0 fully saturated rings. The van der Waals surface area contributed by atoms with Crippen molar-refractivity contribution in [2.24, 2.45) is 0 Å². The van der Waals surface area contributed by atoms with Gasteiger partial charge in [0.05, 0.1) is 18.6 Å². The lowest BCUT2D eigenvalue weighted by atomic mass is 10.3. The summed E-state index contributed by atoms with van der Waals surface area (Å²) in [4.78, 5) is 4.44. The van der Waals surface area contributed by atoms with Crippen LogP contribution in [0.1, 0.15) is 11.0 Å². The number of aromatic nitrogens is 1. The maximum Gasteiger partial charge on any atom is 0.273 e. The third-order valence-corrected chi connectivity index (χ3v) is 2.24. The van der Waals surface area contributed by atoms with E-state index in [0.29, 0.717) is 10.1 Å². The van der Waals surface area contributed by atoms with Crippen LogP contribution in [0.3, 0.4) is 0 Å². The second kappa shape index (κ2) is 3.66. The number of rotatable bonds is 3. The summed E-state index contributed by atoms with van der Waals surface area (Å²) in [5.74, 6) is 0. The first kappa shape index (κ1) is 8.45. The summed E-state index contributed by atoms with van der Waals surface area (Å²) in [5.41, 5.74) is 0. The van der Waals surface area contributed by atoms with Gasteiger partial charge in [-0.15, -0.1) is 0 Å². The predicted octanol–water partition coefficient (Wildman–Crippen LogP) is 0.177. The molecule has 0 aliphatic rings. The first-order valence-electron chi connectivity index (χ1n) is 3.06. The van der Waals surface area contributed by atoms with E-state index < -0.39 is 6.10 Å². The first-order valence-corrected chi connectivity index (χ1v) is 3.88. The van der Waals surface area contributed by atoms with Gasteiger partial charge in [-0.25, -0.2) is 4.98 Å². The Hall–Kier alpha value is -0.650. The summed E-state index contributed by atoms with van der Waals surface area (Å²) < 4.78 is 4.80. The highest BCUT2D eigenvalue weighted by molar-refractivity contribution is 7.13. The SMILES string of the molecule is COc1ncc(C(O)CO)s1. The van der Waals surface area contributed by atoms with Crippen molar-refractivity contribution in [1.29, 1.82) is 0 Å². The number of ether oxygens (including phenoxy) is 1. The summed E-state index contributed by atoms with van der Waals surface area (Å²) in [6.45, 7) is -0.286. The van der Waals surface area contributed by atoms with Crippen LogP contribution in [0.25, 0.3) is 0 Å². The quantitative estimate of drug-likeness (QED) is 0.687. The fourth-order valence-corrected chi connectivity index (χ4v) is 1.31. The molecule has 1 heterocycles. The van der Waals surface area contributed by atoms with Crippen LogP contribution in [0, 0.1) is 0 Å². The van der Waals surface area contributed by atoms with Crippen molar-refractivity contribution >= 4 is 11.3 Å². The van der Waals surface area contributed by atoms with Crippen molar-refractivity contribution in [3.8, 4) is 5.19 Å². The first-order chi connectivity index (χ1) is 5.27. The number of aliphatic hydroxyl groups is 2. The molecule has 62 valence electrons. The van der Waals surface area contributed by atoms with Gasteiger partial charge in [-0.05, 0) is 0 Å². The third-order valence-electron chi connectivity index (χ3n) is 1.18. The predicted molar refractivity (Wildman–Crippen MR) is 40.7 cm³/mol. The zero-order valence-corrected chi connectivity index (χ0v) is 6.84. The van der Waals surface area contributed by atoms with Crippen molar-refractivity contribution in [3.05, 3.63) is 11.1 Å². The second-order valence-corrected chi connectivity index (χ2v) is 2.96. The molecule has 4 nitrogen and oxygen atoms in total. The van der Waals surface area contributed by atoms with Crippen LogP contribution in [0.4, 0.5) is 0 Å². The van der Waals surface area contributed by atoms with E-state index in [1.165, 1.54) is 24.6 Å². The van der Waals surface area contributed by atoms with Crippen LogP contribution in [0.15, 0.2) is 6.20 Å². The lowest BCUT2D eigenvalue weighted by Gasteiger charge is -2.00. The molecule has 0 spiro atoms. The summed E-state index contributed by atoms with van der Waals surface area (Å²) in [6, 6.07) is 0. The van der Waals surface area contributed by atoms with Gasteiger partial charge in [0, 0.05) is 6.20 Å². The zero-order chi connectivity index (χ0) is 8.27. The minimum absolute atomic E-state index is 0.286. The largest absolute Gasteiger partial charge is 0.473 e. The fourth-order valence-electron chi connectivity index (χ4n) is 0.608. The Bertz CT molecular complexity index is 225. The molecule has 1 aromatic rings. The van der Waals surface area contributed by atoms with E-state index in [4.69, 9.17) is 14.9 Å². The van der Waals surface area contributed by atoms with Crippen LogP contribution in [-0.4, -0.2) is 28.9 Å². The van der Waals surface area contributed by atoms with Gasteiger partial charge in [-0.1, -0.05) is 11.3 Å². The summed E-state index contributed by atoms with van der Waals surface area (Å²) in [5, 5.41) is 18.2. The highest BCUT2D eigenvalue weighted by atomic mass is 32.1. The molecule has 2 N–H and O–H groups in total. The van der Waals surface area contributed by atoms with Crippen molar-refractivity contribution < 1.29 is 14.9 Å². The van der Waals surface area contributed by atoms with Gasteiger partial charge in [0.15, 0.2) is 0 Å². The lowest BCUT2D eigenvalue weighted by Crippen LogP contribution is -1.98. The van der Waals surface area contributed by atoms with E-state index in [0.717, 1.165) is 0 Å². The molecule has 5 heteroatoms. The molecule has 1 atom stereocenters. The van der Waals surface area contributed by atoms with Crippen LogP contribution < -0.4 is 4.74 Å². The molecule has 0 aliphatic carbocycles. The Morgan fingerprint density at radius 1 is 1.82 bits per heavy atom. The molecule has 0 amide bonds. The van der Waals surface area contributed by atoms with Gasteiger partial charge in [0.25, 0.3) is 5.19 Å². The van der Waals surface area contributed by atoms with E-state index in [9.17, 15) is 0 Å². The van der Waals surface area contributed by atoms with Crippen molar-refractivity contribution in [2.75, 3.05) is 13.7 Å². The smallest absolute Gasteiger partial charge is 0.273 e. The maximum absolute atomic E-state index is 9.10. The molecule has 0 aliphatic heterocycles. The second-order valence-electron chi connectivity index (χ2n) is 1.93. The minimum Gasteiger partial charge on any atom is -0.473 e. The normalized spacial score (nSPS) is 13.0. The molecule has 1 rings (SSSR count). The van der Waals surface area contributed by atoms with Gasteiger partial charge in [-0.2, -0.15) is 0 Å². The zero-order valence-electron chi connectivity index (χ0n) is 6.02. The highest BCUT2D eigenvalue weighted by Gasteiger charge is 2.09. The molecule has 0 saturated heterocycles. The molecule has 1 aromatic heterocycles. The molecule has 0 radical (unpaired) electrons. The summed E-state index contributed by atoms with van der Waals surface area (Å²) >= 11 is 1.22. The highest BCUT2D eigenvalue weighted by Crippen LogP contribution is 2.25. The molecule has 0 saturated carbocycles. The fraction of sp³-hybridized carbons (Fsp3) is 0.500. The summed E-state index contributed by atoms with van der Waals surface area (Å²) in [7, 11) is 1.51. The lowest BCUT2D eigenvalue weighted by molar-refractivity contribution is 0.0982. The average Bonchev–Trinajstić information content (AvgIpc) is 2.50. The molecular weight excluding hydrogens is 166 g/mol. The Balaban J connectivity index is 2.71. The number of hydrogen-bond donors (Lipinski definition) is 2. The van der Waals surface area contributed by atoms with Crippen LogP contribution >= 0.6 is 11.3 Å².